The van der Waals surface area contributed by atoms with Crippen LogP contribution in [0.5, 0.6) is 0 Å². The molecule has 0 unspecified atom stereocenters. The molecule has 0 N–H and O–H groups in total. The fourth-order valence-corrected chi connectivity index (χ4v) is 2.75. The van der Waals surface area contributed by atoms with E-state index in [-0.39, 0.29) is 12.0 Å². The van der Waals surface area contributed by atoms with Crippen LogP contribution in [0.2, 0.25) is 0 Å². The van der Waals surface area contributed by atoms with E-state index in [1.807, 2.05) is 24.3 Å². The van der Waals surface area contributed by atoms with Gasteiger partial charge in [0.25, 0.3) is 0 Å². The largest absolute Gasteiger partial charge is 0.266 e. The third kappa shape index (κ3) is 3.35. The molecule has 1 aromatic rings. The van der Waals surface area contributed by atoms with E-state index in [0.717, 1.165) is 11.3 Å². The summed E-state index contributed by atoms with van der Waals surface area (Å²) in [6.07, 6.45) is 2.82. The van der Waals surface area contributed by atoms with Crippen molar-refractivity contribution >= 4 is 15.7 Å². The van der Waals surface area contributed by atoms with Crippen LogP contribution in [0, 0.1) is 0 Å². The molecule has 0 aliphatic rings. The lowest BCUT2D eigenvalue weighted by atomic mass is 9.86. The van der Waals surface area contributed by atoms with E-state index in [4.69, 9.17) is 0 Å². The molecule has 0 fully saturated rings. The van der Waals surface area contributed by atoms with Gasteiger partial charge in [0.15, 0.2) is 0 Å². The van der Waals surface area contributed by atoms with E-state index < -0.39 is 10.0 Å². The van der Waals surface area contributed by atoms with Crippen molar-refractivity contribution in [2.75, 3.05) is 17.1 Å². The van der Waals surface area contributed by atoms with Crippen molar-refractivity contribution < 1.29 is 8.42 Å². The Balaban J connectivity index is 3.43. The number of anilines is 1. The van der Waals surface area contributed by atoms with Gasteiger partial charge in [-0.3, -0.25) is 4.31 Å². The van der Waals surface area contributed by atoms with Gasteiger partial charge in [0.2, 0.25) is 10.0 Å². The van der Waals surface area contributed by atoms with Gasteiger partial charge in [-0.25, -0.2) is 8.42 Å². The normalized spacial score (nSPS) is 12.2. The maximum atomic E-state index is 11.9. The van der Waals surface area contributed by atoms with Crippen molar-refractivity contribution in [1.82, 2.24) is 0 Å². The van der Waals surface area contributed by atoms with Gasteiger partial charge in [0, 0.05) is 0 Å². The number of para-hydroxylation sites is 1. The molecule has 100 valence electrons. The van der Waals surface area contributed by atoms with Crippen LogP contribution in [0.4, 0.5) is 5.69 Å². The summed E-state index contributed by atoms with van der Waals surface area (Å²) in [6, 6.07) is 7.59. The highest BCUT2D eigenvalue weighted by Crippen LogP contribution is 2.32. The Kier molecular flexibility index (Phi) is 4.22. The predicted molar refractivity (Wildman–Crippen MR) is 77.5 cm³/mol. The van der Waals surface area contributed by atoms with E-state index in [1.54, 1.807) is 6.08 Å². The maximum absolute atomic E-state index is 11.9. The highest BCUT2D eigenvalue weighted by Gasteiger charge is 2.24. The van der Waals surface area contributed by atoms with Crippen molar-refractivity contribution in [1.29, 1.82) is 0 Å². The highest BCUT2D eigenvalue weighted by atomic mass is 32.2. The molecule has 4 heteroatoms. The van der Waals surface area contributed by atoms with Crippen LogP contribution in [-0.4, -0.2) is 21.2 Å². The number of hydrogen-bond acceptors (Lipinski definition) is 2. The molecule has 18 heavy (non-hydrogen) atoms. The molecule has 1 aromatic carbocycles. The summed E-state index contributed by atoms with van der Waals surface area (Å²) in [5.74, 6) is 0. The van der Waals surface area contributed by atoms with Gasteiger partial charge < -0.3 is 0 Å². The molecule has 0 radical (unpaired) electrons. The summed E-state index contributed by atoms with van der Waals surface area (Å²) < 4.78 is 25.1. The standard InChI is InChI=1S/C14H21NO2S/c1-6-11-15(18(5,16)17)13-10-8-7-9-12(13)14(2,3)4/h6-10H,1,11H2,2-5H3. The number of sulfonamides is 1. The van der Waals surface area contributed by atoms with Gasteiger partial charge >= 0.3 is 0 Å². The first-order valence-electron chi connectivity index (χ1n) is 5.86. The van der Waals surface area contributed by atoms with E-state index in [1.165, 1.54) is 10.6 Å². The first-order chi connectivity index (χ1) is 8.18. The highest BCUT2D eigenvalue weighted by molar-refractivity contribution is 7.92. The van der Waals surface area contributed by atoms with E-state index in [9.17, 15) is 8.42 Å². The lowest BCUT2D eigenvalue weighted by Crippen LogP contribution is -2.32. The van der Waals surface area contributed by atoms with Crippen molar-refractivity contribution in [3.05, 3.63) is 42.5 Å². The molecule has 0 atom stereocenters. The van der Waals surface area contributed by atoms with Gasteiger partial charge in [-0.05, 0) is 17.0 Å². The van der Waals surface area contributed by atoms with Crippen LogP contribution in [0.1, 0.15) is 26.3 Å². The minimum absolute atomic E-state index is 0.110. The number of hydrogen-bond donors (Lipinski definition) is 0. The van der Waals surface area contributed by atoms with Crippen LogP contribution < -0.4 is 4.31 Å². The smallest absolute Gasteiger partial charge is 0.232 e. The van der Waals surface area contributed by atoms with Crippen LogP contribution >= 0.6 is 0 Å². The van der Waals surface area contributed by atoms with Crippen molar-refractivity contribution in [2.45, 2.75) is 26.2 Å². The van der Waals surface area contributed by atoms with Gasteiger partial charge in [0.1, 0.15) is 0 Å². The van der Waals surface area contributed by atoms with Crippen LogP contribution in [0.3, 0.4) is 0 Å². The Bertz CT molecular complexity index is 527. The third-order valence-electron chi connectivity index (χ3n) is 2.68. The molecule has 1 rings (SSSR count). The molecule has 0 bridgehead atoms. The van der Waals surface area contributed by atoms with E-state index >= 15 is 0 Å². The molecule has 0 aromatic heterocycles. The average Bonchev–Trinajstić information content (AvgIpc) is 2.23. The summed E-state index contributed by atoms with van der Waals surface area (Å²) in [5, 5.41) is 0. The molecule has 0 saturated heterocycles. The summed E-state index contributed by atoms with van der Waals surface area (Å²) in [4.78, 5) is 0. The van der Waals surface area contributed by atoms with Gasteiger partial charge in [-0.15, -0.1) is 6.58 Å². The molecule has 0 amide bonds. The Hall–Kier alpha value is -1.29. The summed E-state index contributed by atoms with van der Waals surface area (Å²) in [6.45, 7) is 10.1. The molecule has 0 spiro atoms. The maximum Gasteiger partial charge on any atom is 0.232 e. The zero-order chi connectivity index (χ0) is 14.0. The molecule has 3 nitrogen and oxygen atoms in total. The second kappa shape index (κ2) is 5.14. The predicted octanol–water partition coefficient (Wildman–Crippen LogP) is 2.94. The molecule has 0 aliphatic heterocycles. The number of nitrogens with zero attached hydrogens (tertiary/aromatic N) is 1. The fraction of sp³-hybridized carbons (Fsp3) is 0.429. The number of benzene rings is 1. The first kappa shape index (κ1) is 14.8. The Morgan fingerprint density at radius 3 is 2.28 bits per heavy atom. The lowest BCUT2D eigenvalue weighted by molar-refractivity contribution is 0.585. The molecule has 0 saturated carbocycles. The van der Waals surface area contributed by atoms with Crippen molar-refractivity contribution in [2.24, 2.45) is 0 Å². The summed E-state index contributed by atoms with van der Waals surface area (Å²) in [7, 11) is -3.30. The monoisotopic (exact) mass is 267 g/mol. The summed E-state index contributed by atoms with van der Waals surface area (Å²) in [5.41, 5.74) is 1.63. The second-order valence-corrected chi connectivity index (χ2v) is 7.26. The van der Waals surface area contributed by atoms with Gasteiger partial charge in [0.05, 0.1) is 18.5 Å². The van der Waals surface area contributed by atoms with Crippen LogP contribution in [0.15, 0.2) is 36.9 Å². The summed E-state index contributed by atoms with van der Waals surface area (Å²) >= 11 is 0. The Labute approximate surface area is 110 Å². The zero-order valence-electron chi connectivity index (χ0n) is 11.5. The third-order valence-corrected chi connectivity index (χ3v) is 3.82. The van der Waals surface area contributed by atoms with Crippen molar-refractivity contribution in [3.63, 3.8) is 0 Å². The molecular weight excluding hydrogens is 246 g/mol. The van der Waals surface area contributed by atoms with Gasteiger partial charge in [-0.1, -0.05) is 45.0 Å². The topological polar surface area (TPSA) is 37.4 Å². The van der Waals surface area contributed by atoms with Crippen LogP contribution in [-0.2, 0) is 15.4 Å². The second-order valence-electron chi connectivity index (χ2n) is 5.35. The minimum atomic E-state index is -3.30. The lowest BCUT2D eigenvalue weighted by Gasteiger charge is -2.29. The van der Waals surface area contributed by atoms with E-state index in [0.29, 0.717) is 0 Å². The SMILES string of the molecule is C=CCN(c1ccccc1C(C)(C)C)S(C)(=O)=O. The van der Waals surface area contributed by atoms with E-state index in [2.05, 4.69) is 27.4 Å². The fourth-order valence-electron chi connectivity index (χ4n) is 1.85. The van der Waals surface area contributed by atoms with Crippen LogP contribution in [0.25, 0.3) is 0 Å². The minimum Gasteiger partial charge on any atom is -0.266 e. The average molecular weight is 267 g/mol. The molecule has 0 aliphatic carbocycles. The molecular formula is C14H21NO2S. The Morgan fingerprint density at radius 1 is 1.28 bits per heavy atom. The first-order valence-corrected chi connectivity index (χ1v) is 7.71. The number of rotatable bonds is 4. The zero-order valence-corrected chi connectivity index (χ0v) is 12.3. The quantitative estimate of drug-likeness (QED) is 0.787. The van der Waals surface area contributed by atoms with Crippen molar-refractivity contribution in [3.8, 4) is 0 Å². The Morgan fingerprint density at radius 2 is 1.83 bits per heavy atom. The molecule has 0 heterocycles. The van der Waals surface area contributed by atoms with Gasteiger partial charge in [-0.2, -0.15) is 0 Å².